The molecule has 0 saturated heterocycles. The lowest BCUT2D eigenvalue weighted by atomic mass is 10.2. The van der Waals surface area contributed by atoms with E-state index in [1.165, 1.54) is 6.26 Å². The molecule has 2 heteroatoms. The van der Waals surface area contributed by atoms with E-state index in [9.17, 15) is 0 Å². The molecule has 0 aromatic heterocycles. The van der Waals surface area contributed by atoms with Crippen molar-refractivity contribution in [1.29, 1.82) is 0 Å². The van der Waals surface area contributed by atoms with E-state index in [0.717, 1.165) is 0 Å². The molecule has 2 nitrogen and oxygen atoms in total. The van der Waals surface area contributed by atoms with Crippen LogP contribution >= 0.6 is 0 Å². The molecule has 8 heavy (non-hydrogen) atoms. The number of ether oxygens (including phenoxy) is 1. The van der Waals surface area contributed by atoms with Crippen LogP contribution in [0, 0.1) is 6.08 Å². The fourth-order valence-corrected chi connectivity index (χ4v) is 0.453. The van der Waals surface area contributed by atoms with Gasteiger partial charge in [-0.1, -0.05) is 0 Å². The minimum atomic E-state index is -0.778. The van der Waals surface area contributed by atoms with Gasteiger partial charge in [0, 0.05) is 5.57 Å². The van der Waals surface area contributed by atoms with E-state index in [1.54, 1.807) is 13.0 Å². The highest BCUT2D eigenvalue weighted by atomic mass is 16.6. The van der Waals surface area contributed by atoms with Crippen LogP contribution < -0.4 is 0 Å². The molecule has 0 spiro atoms. The number of aliphatic hydroxyl groups excluding tert-OH is 1. The molecule has 1 aliphatic heterocycles. The van der Waals surface area contributed by atoms with Crippen LogP contribution in [0.4, 0.5) is 0 Å². The first-order valence-electron chi connectivity index (χ1n) is 2.39. The summed E-state index contributed by atoms with van der Waals surface area (Å²) in [6, 6.07) is 0. The summed E-state index contributed by atoms with van der Waals surface area (Å²) in [4.78, 5) is 0. The summed E-state index contributed by atoms with van der Waals surface area (Å²) in [6.07, 6.45) is 5.06. The standard InChI is InChI=1S/C6H7O2/c1-5-3-2-4-8-6(5)7/h2,4,6-7H,1H3. The van der Waals surface area contributed by atoms with Crippen LogP contribution in [0.2, 0.25) is 0 Å². The Hall–Kier alpha value is -0.760. The van der Waals surface area contributed by atoms with Crippen LogP contribution in [0.5, 0.6) is 0 Å². The van der Waals surface area contributed by atoms with Crippen LogP contribution in [0.25, 0.3) is 0 Å². The summed E-state index contributed by atoms with van der Waals surface area (Å²) in [6.45, 7) is 1.76. The number of allylic oxidation sites excluding steroid dienone is 2. The maximum Gasteiger partial charge on any atom is 0.219 e. The van der Waals surface area contributed by atoms with Gasteiger partial charge < -0.3 is 9.84 Å². The molecule has 1 aliphatic rings. The van der Waals surface area contributed by atoms with Crippen molar-refractivity contribution < 1.29 is 9.84 Å². The summed E-state index contributed by atoms with van der Waals surface area (Å²) in [5.74, 6) is 0. The zero-order valence-electron chi connectivity index (χ0n) is 4.59. The monoisotopic (exact) mass is 111 g/mol. The van der Waals surface area contributed by atoms with Gasteiger partial charge in [-0.15, -0.1) is 0 Å². The minimum Gasteiger partial charge on any atom is -0.469 e. The molecule has 1 rings (SSSR count). The van der Waals surface area contributed by atoms with Gasteiger partial charge in [-0.25, -0.2) is 0 Å². The second kappa shape index (κ2) is 2.01. The molecule has 0 fully saturated rings. The summed E-state index contributed by atoms with van der Waals surface area (Å²) in [5.41, 5.74) is 0.715. The highest BCUT2D eigenvalue weighted by Gasteiger charge is 2.05. The number of rotatable bonds is 0. The van der Waals surface area contributed by atoms with Gasteiger partial charge in [-0.2, -0.15) is 0 Å². The molecule has 1 atom stereocenters. The largest absolute Gasteiger partial charge is 0.469 e. The van der Waals surface area contributed by atoms with Crippen LogP contribution in [0.3, 0.4) is 0 Å². The molecule has 43 valence electrons. The molecular weight excluding hydrogens is 104 g/mol. The molecular formula is C6H7O2. The smallest absolute Gasteiger partial charge is 0.219 e. The second-order valence-electron chi connectivity index (χ2n) is 1.62. The quantitative estimate of drug-likeness (QED) is 0.496. The Balaban J connectivity index is 2.66. The van der Waals surface area contributed by atoms with Crippen LogP contribution in [0.15, 0.2) is 17.9 Å². The molecule has 1 heterocycles. The van der Waals surface area contributed by atoms with Crippen molar-refractivity contribution in [1.82, 2.24) is 0 Å². The fourth-order valence-electron chi connectivity index (χ4n) is 0.453. The molecule has 0 saturated carbocycles. The minimum absolute atomic E-state index is 0.715. The average molecular weight is 111 g/mol. The Labute approximate surface area is 48.1 Å². The van der Waals surface area contributed by atoms with E-state index < -0.39 is 6.29 Å². The molecule has 1 radical (unpaired) electrons. The van der Waals surface area contributed by atoms with E-state index in [-0.39, 0.29) is 0 Å². The van der Waals surface area contributed by atoms with E-state index in [0.29, 0.717) is 5.57 Å². The highest BCUT2D eigenvalue weighted by molar-refractivity contribution is 5.08. The van der Waals surface area contributed by atoms with Gasteiger partial charge in [-0.3, -0.25) is 0 Å². The molecule has 0 aromatic rings. The average Bonchev–Trinajstić information content (AvgIpc) is 1.77. The summed E-state index contributed by atoms with van der Waals surface area (Å²) in [5, 5.41) is 8.80. The lowest BCUT2D eigenvalue weighted by molar-refractivity contribution is -0.0235. The van der Waals surface area contributed by atoms with E-state index >= 15 is 0 Å². The second-order valence-corrected chi connectivity index (χ2v) is 1.62. The Bertz CT molecular complexity index is 135. The number of hydrogen-bond donors (Lipinski definition) is 1. The third-order valence-electron chi connectivity index (χ3n) is 0.957. The summed E-state index contributed by atoms with van der Waals surface area (Å²) >= 11 is 0. The highest BCUT2D eigenvalue weighted by Crippen LogP contribution is 2.06. The van der Waals surface area contributed by atoms with Crippen molar-refractivity contribution in [3.8, 4) is 0 Å². The first kappa shape index (κ1) is 5.38. The van der Waals surface area contributed by atoms with Crippen LogP contribution in [-0.2, 0) is 4.74 Å². The maximum atomic E-state index is 8.80. The first-order chi connectivity index (χ1) is 3.80. The number of hydrogen-bond acceptors (Lipinski definition) is 2. The van der Waals surface area contributed by atoms with Crippen molar-refractivity contribution in [2.24, 2.45) is 0 Å². The number of aliphatic hydroxyl groups is 1. The van der Waals surface area contributed by atoms with Crippen molar-refractivity contribution in [3.05, 3.63) is 24.0 Å². The van der Waals surface area contributed by atoms with Crippen molar-refractivity contribution in [3.63, 3.8) is 0 Å². The Morgan fingerprint density at radius 2 is 2.62 bits per heavy atom. The molecule has 0 bridgehead atoms. The fraction of sp³-hybridized carbons (Fsp3) is 0.333. The molecule has 0 aromatic carbocycles. The predicted molar refractivity (Wildman–Crippen MR) is 28.7 cm³/mol. The normalized spacial score (nSPS) is 26.8. The third-order valence-corrected chi connectivity index (χ3v) is 0.957. The lowest BCUT2D eigenvalue weighted by Crippen LogP contribution is -2.11. The summed E-state index contributed by atoms with van der Waals surface area (Å²) < 4.78 is 4.67. The van der Waals surface area contributed by atoms with E-state index in [4.69, 9.17) is 5.11 Å². The lowest BCUT2D eigenvalue weighted by Gasteiger charge is -2.11. The van der Waals surface area contributed by atoms with E-state index in [2.05, 4.69) is 10.8 Å². The van der Waals surface area contributed by atoms with Gasteiger partial charge in [0.05, 0.1) is 6.26 Å². The third kappa shape index (κ3) is 0.898. The van der Waals surface area contributed by atoms with Gasteiger partial charge in [0.1, 0.15) is 0 Å². The van der Waals surface area contributed by atoms with Crippen LogP contribution in [-0.4, -0.2) is 11.4 Å². The predicted octanol–water partition coefficient (Wildman–Crippen LogP) is 0.598. The topological polar surface area (TPSA) is 29.5 Å². The van der Waals surface area contributed by atoms with Gasteiger partial charge in [0.25, 0.3) is 0 Å². The Kier molecular flexibility index (Phi) is 1.35. The molecule has 1 unspecified atom stereocenters. The first-order valence-corrected chi connectivity index (χ1v) is 2.39. The zero-order chi connectivity index (χ0) is 5.98. The van der Waals surface area contributed by atoms with Gasteiger partial charge in [0.2, 0.25) is 6.29 Å². The molecule has 1 N–H and O–H groups in total. The van der Waals surface area contributed by atoms with Crippen molar-refractivity contribution in [2.75, 3.05) is 0 Å². The van der Waals surface area contributed by atoms with Gasteiger partial charge >= 0.3 is 0 Å². The van der Waals surface area contributed by atoms with E-state index in [1.807, 2.05) is 0 Å². The maximum absolute atomic E-state index is 8.80. The van der Waals surface area contributed by atoms with Crippen molar-refractivity contribution in [2.45, 2.75) is 13.2 Å². The SMILES string of the molecule is CC1=[C]C=COC1O. The molecule has 0 amide bonds. The Morgan fingerprint density at radius 3 is 3.00 bits per heavy atom. The van der Waals surface area contributed by atoms with Crippen LogP contribution in [0.1, 0.15) is 6.92 Å². The Morgan fingerprint density at radius 1 is 1.88 bits per heavy atom. The van der Waals surface area contributed by atoms with Gasteiger partial charge in [-0.05, 0) is 19.1 Å². The zero-order valence-corrected chi connectivity index (χ0v) is 4.59. The van der Waals surface area contributed by atoms with Gasteiger partial charge in [0.15, 0.2) is 0 Å². The summed E-state index contributed by atoms with van der Waals surface area (Å²) in [7, 11) is 0. The van der Waals surface area contributed by atoms with Crippen molar-refractivity contribution >= 4 is 0 Å². The molecule has 0 aliphatic carbocycles.